The second-order valence-corrected chi connectivity index (χ2v) is 4.41. The van der Waals surface area contributed by atoms with Crippen molar-refractivity contribution in [1.82, 2.24) is 10.3 Å². The summed E-state index contributed by atoms with van der Waals surface area (Å²) in [5, 5.41) is 10.9. The SMILES string of the molecule is N#CCNC(=O)Cc1cccc(OCc2cccnc2)c1. The average molecular weight is 281 g/mol. The molecule has 0 aliphatic heterocycles. The van der Waals surface area contributed by atoms with E-state index in [9.17, 15) is 4.79 Å². The van der Waals surface area contributed by atoms with Gasteiger partial charge in [0, 0.05) is 18.0 Å². The number of benzene rings is 1. The van der Waals surface area contributed by atoms with Crippen molar-refractivity contribution in [3.05, 3.63) is 59.9 Å². The van der Waals surface area contributed by atoms with Crippen molar-refractivity contribution >= 4 is 5.91 Å². The van der Waals surface area contributed by atoms with Crippen molar-refractivity contribution in [1.29, 1.82) is 5.26 Å². The fraction of sp³-hybridized carbons (Fsp3) is 0.188. The molecule has 0 saturated heterocycles. The molecule has 0 atom stereocenters. The van der Waals surface area contributed by atoms with Crippen LogP contribution in [-0.4, -0.2) is 17.4 Å². The van der Waals surface area contributed by atoms with Crippen LogP contribution in [0.5, 0.6) is 5.75 Å². The van der Waals surface area contributed by atoms with E-state index in [2.05, 4.69) is 10.3 Å². The van der Waals surface area contributed by atoms with Gasteiger partial charge < -0.3 is 10.1 Å². The molecule has 2 aromatic rings. The Balaban J connectivity index is 1.92. The van der Waals surface area contributed by atoms with Crippen LogP contribution in [0.25, 0.3) is 0 Å². The maximum Gasteiger partial charge on any atom is 0.225 e. The zero-order valence-electron chi connectivity index (χ0n) is 11.5. The number of rotatable bonds is 6. The van der Waals surface area contributed by atoms with E-state index in [0.29, 0.717) is 12.4 Å². The number of carbonyl (C=O) groups is 1. The summed E-state index contributed by atoms with van der Waals surface area (Å²) in [5.74, 6) is 0.519. The Labute approximate surface area is 123 Å². The molecule has 2 rings (SSSR count). The summed E-state index contributed by atoms with van der Waals surface area (Å²) in [4.78, 5) is 15.6. The largest absolute Gasteiger partial charge is 0.489 e. The first-order valence-electron chi connectivity index (χ1n) is 6.52. The van der Waals surface area contributed by atoms with Gasteiger partial charge in [-0.25, -0.2) is 0 Å². The van der Waals surface area contributed by atoms with Gasteiger partial charge in [0.2, 0.25) is 5.91 Å². The van der Waals surface area contributed by atoms with Gasteiger partial charge in [0.25, 0.3) is 0 Å². The van der Waals surface area contributed by atoms with Gasteiger partial charge in [0.15, 0.2) is 0 Å². The molecule has 0 spiro atoms. The lowest BCUT2D eigenvalue weighted by atomic mass is 10.1. The highest BCUT2D eigenvalue weighted by molar-refractivity contribution is 5.78. The highest BCUT2D eigenvalue weighted by atomic mass is 16.5. The Kier molecular flexibility index (Phi) is 5.30. The van der Waals surface area contributed by atoms with Crippen LogP contribution in [-0.2, 0) is 17.8 Å². The lowest BCUT2D eigenvalue weighted by Crippen LogP contribution is -2.25. The van der Waals surface area contributed by atoms with Gasteiger partial charge >= 0.3 is 0 Å². The Morgan fingerprint density at radius 3 is 2.90 bits per heavy atom. The van der Waals surface area contributed by atoms with Gasteiger partial charge in [-0.05, 0) is 23.8 Å². The molecular weight excluding hydrogens is 266 g/mol. The van der Waals surface area contributed by atoms with E-state index in [1.165, 1.54) is 0 Å². The molecule has 1 heterocycles. The normalized spacial score (nSPS) is 9.67. The molecule has 0 aliphatic carbocycles. The standard InChI is InChI=1S/C16H15N3O2/c17-6-8-19-16(20)10-13-3-1-5-15(9-13)21-12-14-4-2-7-18-11-14/h1-5,7,9,11H,8,10,12H2,(H,19,20). The van der Waals surface area contributed by atoms with Crippen molar-refractivity contribution in [2.45, 2.75) is 13.0 Å². The molecule has 0 saturated carbocycles. The predicted molar refractivity (Wildman–Crippen MR) is 77.3 cm³/mol. The molecule has 21 heavy (non-hydrogen) atoms. The first kappa shape index (κ1) is 14.5. The zero-order valence-corrected chi connectivity index (χ0v) is 11.5. The van der Waals surface area contributed by atoms with Crippen molar-refractivity contribution in [3.63, 3.8) is 0 Å². The topological polar surface area (TPSA) is 75.0 Å². The summed E-state index contributed by atoms with van der Waals surface area (Å²) < 4.78 is 5.67. The number of pyridine rings is 1. The van der Waals surface area contributed by atoms with E-state index >= 15 is 0 Å². The maximum absolute atomic E-state index is 11.6. The molecule has 106 valence electrons. The number of hydrogen-bond acceptors (Lipinski definition) is 4. The molecule has 1 N–H and O–H groups in total. The average Bonchev–Trinajstić information content (AvgIpc) is 2.52. The Morgan fingerprint density at radius 1 is 1.29 bits per heavy atom. The summed E-state index contributed by atoms with van der Waals surface area (Å²) >= 11 is 0. The number of amides is 1. The third-order valence-electron chi connectivity index (χ3n) is 2.76. The Bertz CT molecular complexity index is 635. The van der Waals surface area contributed by atoms with Crippen LogP contribution in [0.3, 0.4) is 0 Å². The molecule has 5 heteroatoms. The van der Waals surface area contributed by atoms with Crippen LogP contribution in [0.1, 0.15) is 11.1 Å². The van der Waals surface area contributed by atoms with Gasteiger partial charge in [-0.15, -0.1) is 0 Å². The first-order chi connectivity index (χ1) is 10.3. The maximum atomic E-state index is 11.6. The second kappa shape index (κ2) is 7.65. The number of ether oxygens (including phenoxy) is 1. The summed E-state index contributed by atoms with van der Waals surface area (Å²) in [6.45, 7) is 0.452. The van der Waals surface area contributed by atoms with Crippen LogP contribution in [0, 0.1) is 11.3 Å². The molecule has 1 aromatic heterocycles. The Morgan fingerprint density at radius 2 is 2.14 bits per heavy atom. The monoisotopic (exact) mass is 281 g/mol. The van der Waals surface area contributed by atoms with E-state index in [0.717, 1.165) is 11.1 Å². The first-order valence-corrected chi connectivity index (χ1v) is 6.52. The van der Waals surface area contributed by atoms with Crippen LogP contribution in [0.15, 0.2) is 48.8 Å². The van der Waals surface area contributed by atoms with Crippen molar-refractivity contribution < 1.29 is 9.53 Å². The molecule has 1 aromatic carbocycles. The molecule has 0 fully saturated rings. The third-order valence-corrected chi connectivity index (χ3v) is 2.76. The van der Waals surface area contributed by atoms with E-state index in [4.69, 9.17) is 10.00 Å². The lowest BCUT2D eigenvalue weighted by Gasteiger charge is -2.08. The third kappa shape index (κ3) is 4.96. The fourth-order valence-electron chi connectivity index (χ4n) is 1.78. The predicted octanol–water partition coefficient (Wildman–Crippen LogP) is 1.84. The molecule has 5 nitrogen and oxygen atoms in total. The number of carbonyl (C=O) groups excluding carboxylic acids is 1. The summed E-state index contributed by atoms with van der Waals surface area (Å²) in [6, 6.07) is 13.0. The second-order valence-electron chi connectivity index (χ2n) is 4.41. The quantitative estimate of drug-likeness (QED) is 0.820. The van der Waals surface area contributed by atoms with Crippen LogP contribution in [0.2, 0.25) is 0 Å². The summed E-state index contributed by atoms with van der Waals surface area (Å²) in [5.41, 5.74) is 1.82. The van der Waals surface area contributed by atoms with Crippen molar-refractivity contribution in [3.8, 4) is 11.8 Å². The lowest BCUT2D eigenvalue weighted by molar-refractivity contribution is -0.120. The van der Waals surface area contributed by atoms with Crippen LogP contribution in [0.4, 0.5) is 0 Å². The Hall–Kier alpha value is -2.87. The number of hydrogen-bond donors (Lipinski definition) is 1. The smallest absolute Gasteiger partial charge is 0.225 e. The summed E-state index contributed by atoms with van der Waals surface area (Å²) in [7, 11) is 0. The van der Waals surface area contributed by atoms with Gasteiger partial charge in [0.05, 0.1) is 12.5 Å². The van der Waals surface area contributed by atoms with Crippen molar-refractivity contribution in [2.24, 2.45) is 0 Å². The molecule has 1 amide bonds. The van der Waals surface area contributed by atoms with E-state index < -0.39 is 0 Å². The molecular formula is C16H15N3O2. The van der Waals surface area contributed by atoms with E-state index in [1.807, 2.05) is 42.5 Å². The molecule has 0 bridgehead atoms. The molecule has 0 unspecified atom stereocenters. The van der Waals surface area contributed by atoms with E-state index in [-0.39, 0.29) is 18.9 Å². The van der Waals surface area contributed by atoms with Crippen LogP contribution < -0.4 is 10.1 Å². The number of nitrogens with one attached hydrogen (secondary N) is 1. The highest BCUT2D eigenvalue weighted by Gasteiger charge is 2.04. The minimum Gasteiger partial charge on any atom is -0.489 e. The fourth-order valence-corrected chi connectivity index (χ4v) is 1.78. The highest BCUT2D eigenvalue weighted by Crippen LogP contribution is 2.15. The number of nitriles is 1. The van der Waals surface area contributed by atoms with Gasteiger partial charge in [0.1, 0.15) is 18.9 Å². The molecule has 0 aliphatic rings. The van der Waals surface area contributed by atoms with E-state index in [1.54, 1.807) is 12.4 Å². The van der Waals surface area contributed by atoms with Crippen LogP contribution >= 0.6 is 0 Å². The molecule has 0 radical (unpaired) electrons. The minimum atomic E-state index is -0.180. The zero-order chi connectivity index (χ0) is 14.9. The van der Waals surface area contributed by atoms with Gasteiger partial charge in [-0.1, -0.05) is 18.2 Å². The number of aromatic nitrogens is 1. The minimum absolute atomic E-state index is 0.0238. The van der Waals surface area contributed by atoms with Gasteiger partial charge in [-0.3, -0.25) is 9.78 Å². The van der Waals surface area contributed by atoms with Gasteiger partial charge in [-0.2, -0.15) is 5.26 Å². The van der Waals surface area contributed by atoms with Crippen molar-refractivity contribution in [2.75, 3.05) is 6.54 Å². The number of nitrogens with zero attached hydrogens (tertiary/aromatic N) is 2. The summed E-state index contributed by atoms with van der Waals surface area (Å²) in [6.07, 6.45) is 3.69.